The quantitative estimate of drug-likeness (QED) is 0.860. The molecule has 3 nitrogen and oxygen atoms in total. The van der Waals surface area contributed by atoms with Crippen LogP contribution in [0.1, 0.15) is 11.1 Å². The predicted molar refractivity (Wildman–Crippen MR) is 54.3 cm³/mol. The Morgan fingerprint density at radius 1 is 1.38 bits per heavy atom. The Labute approximate surface area is 90.9 Å². The Balaban J connectivity index is 3.04. The van der Waals surface area contributed by atoms with Gasteiger partial charge in [0.15, 0.2) is 0 Å². The van der Waals surface area contributed by atoms with Crippen molar-refractivity contribution in [1.82, 2.24) is 9.88 Å². The lowest BCUT2D eigenvalue weighted by atomic mass is 10.1. The first-order valence-electron chi connectivity index (χ1n) is 4.74. The van der Waals surface area contributed by atoms with Crippen molar-refractivity contribution in [1.29, 1.82) is 0 Å². The highest BCUT2D eigenvalue weighted by molar-refractivity contribution is 5.26. The van der Waals surface area contributed by atoms with Crippen molar-refractivity contribution in [2.75, 3.05) is 20.6 Å². The van der Waals surface area contributed by atoms with E-state index in [0.29, 0.717) is 12.6 Å². The summed E-state index contributed by atoms with van der Waals surface area (Å²) in [6.45, 7) is 0.495. The first kappa shape index (κ1) is 12.8. The number of hydrogen-bond acceptors (Lipinski definition) is 2. The highest BCUT2D eigenvalue weighted by Gasteiger charge is 2.33. The fraction of sp³-hybridized carbons (Fsp3) is 0.500. The van der Waals surface area contributed by atoms with E-state index in [0.717, 1.165) is 6.20 Å². The summed E-state index contributed by atoms with van der Waals surface area (Å²) in [5.74, 6) is 0. The van der Waals surface area contributed by atoms with Crippen LogP contribution in [0, 0.1) is 0 Å². The molecule has 16 heavy (non-hydrogen) atoms. The third-order valence-corrected chi connectivity index (χ3v) is 2.14. The maximum absolute atomic E-state index is 12.6. The molecular weight excluding hydrogens is 221 g/mol. The van der Waals surface area contributed by atoms with Crippen molar-refractivity contribution in [3.63, 3.8) is 0 Å². The van der Waals surface area contributed by atoms with Crippen molar-refractivity contribution >= 4 is 0 Å². The zero-order chi connectivity index (χ0) is 12.3. The number of likely N-dealkylation sites (N-methyl/N-ethyl adjacent to an activating group) is 1. The molecular formula is C10H13F3N2O. The van der Waals surface area contributed by atoms with Gasteiger partial charge in [-0.1, -0.05) is 0 Å². The van der Waals surface area contributed by atoms with E-state index in [4.69, 9.17) is 0 Å². The number of halogens is 3. The molecule has 0 aliphatic heterocycles. The molecule has 1 heterocycles. The van der Waals surface area contributed by atoms with Crippen LogP contribution in [0.3, 0.4) is 0 Å². The maximum Gasteiger partial charge on any atom is 0.416 e. The molecule has 1 N–H and O–H groups in total. The predicted octanol–water partition coefficient (Wildman–Crippen LogP) is 1.50. The summed E-state index contributed by atoms with van der Waals surface area (Å²) in [5.41, 5.74) is -1.47. The molecule has 0 aliphatic carbocycles. The Morgan fingerprint density at radius 2 is 2.00 bits per heavy atom. The van der Waals surface area contributed by atoms with Crippen LogP contribution in [-0.2, 0) is 12.6 Å². The van der Waals surface area contributed by atoms with E-state index >= 15 is 0 Å². The van der Waals surface area contributed by atoms with Gasteiger partial charge in [0.05, 0.1) is 5.56 Å². The number of nitrogens with one attached hydrogen (secondary N) is 1. The number of pyridine rings is 1. The van der Waals surface area contributed by atoms with Gasteiger partial charge >= 0.3 is 6.18 Å². The van der Waals surface area contributed by atoms with Crippen LogP contribution in [0.15, 0.2) is 17.1 Å². The van der Waals surface area contributed by atoms with E-state index in [1.807, 2.05) is 0 Å². The molecule has 1 rings (SSSR count). The molecule has 1 aromatic rings. The van der Waals surface area contributed by atoms with Crippen LogP contribution in [0.2, 0.25) is 0 Å². The lowest BCUT2D eigenvalue weighted by Gasteiger charge is -2.14. The topological polar surface area (TPSA) is 36.1 Å². The van der Waals surface area contributed by atoms with Crippen molar-refractivity contribution < 1.29 is 13.2 Å². The monoisotopic (exact) mass is 234 g/mol. The summed E-state index contributed by atoms with van der Waals surface area (Å²) in [6.07, 6.45) is -3.09. The molecule has 90 valence electrons. The molecule has 0 saturated carbocycles. The largest absolute Gasteiger partial charge is 0.416 e. The van der Waals surface area contributed by atoms with Gasteiger partial charge in [0.1, 0.15) is 0 Å². The normalized spacial score (nSPS) is 12.1. The molecule has 0 spiro atoms. The van der Waals surface area contributed by atoms with Crippen molar-refractivity contribution in [2.24, 2.45) is 0 Å². The summed E-state index contributed by atoms with van der Waals surface area (Å²) in [7, 11) is 3.55. The number of rotatable bonds is 3. The minimum Gasteiger partial charge on any atom is -0.329 e. The fourth-order valence-electron chi connectivity index (χ4n) is 1.32. The summed E-state index contributed by atoms with van der Waals surface area (Å²) in [5, 5.41) is 0. The van der Waals surface area contributed by atoms with E-state index in [-0.39, 0.29) is 12.0 Å². The Kier molecular flexibility index (Phi) is 3.74. The van der Waals surface area contributed by atoms with Crippen LogP contribution >= 0.6 is 0 Å². The lowest BCUT2D eigenvalue weighted by molar-refractivity contribution is -0.138. The summed E-state index contributed by atoms with van der Waals surface area (Å²) < 4.78 is 37.8. The summed E-state index contributed by atoms with van der Waals surface area (Å²) in [4.78, 5) is 14.9. The van der Waals surface area contributed by atoms with Crippen molar-refractivity contribution in [2.45, 2.75) is 12.6 Å². The van der Waals surface area contributed by atoms with Gasteiger partial charge in [0.2, 0.25) is 5.56 Å². The number of aromatic amines is 1. The first-order chi connectivity index (χ1) is 7.30. The Bertz CT molecular complexity index is 409. The second-order valence-corrected chi connectivity index (χ2v) is 3.79. The van der Waals surface area contributed by atoms with Gasteiger partial charge in [0, 0.05) is 18.8 Å². The summed E-state index contributed by atoms with van der Waals surface area (Å²) >= 11 is 0. The molecule has 0 aromatic carbocycles. The smallest absolute Gasteiger partial charge is 0.329 e. The van der Waals surface area contributed by atoms with E-state index in [2.05, 4.69) is 4.98 Å². The Hall–Kier alpha value is -1.30. The number of H-pyrrole nitrogens is 1. The molecule has 0 bridgehead atoms. The number of aromatic nitrogens is 1. The Morgan fingerprint density at radius 3 is 2.50 bits per heavy atom. The van der Waals surface area contributed by atoms with Gasteiger partial charge < -0.3 is 9.88 Å². The minimum atomic E-state index is -4.48. The van der Waals surface area contributed by atoms with Crippen LogP contribution in [0.4, 0.5) is 13.2 Å². The molecule has 0 amide bonds. The zero-order valence-electron chi connectivity index (χ0n) is 9.06. The standard InChI is InChI=1S/C10H13F3N2O/c1-15(2)4-3-7-6-14-9(16)5-8(7)10(11,12)13/h5-6H,3-4H2,1-2H3,(H,14,16). The maximum atomic E-state index is 12.6. The second-order valence-electron chi connectivity index (χ2n) is 3.79. The lowest BCUT2D eigenvalue weighted by Crippen LogP contribution is -2.20. The number of nitrogens with zero attached hydrogens (tertiary/aromatic N) is 1. The van der Waals surface area contributed by atoms with Crippen LogP contribution in [-0.4, -0.2) is 30.5 Å². The van der Waals surface area contributed by atoms with Gasteiger partial charge in [-0.25, -0.2) is 0 Å². The fourth-order valence-corrected chi connectivity index (χ4v) is 1.32. The number of alkyl halides is 3. The van der Waals surface area contributed by atoms with Crippen LogP contribution < -0.4 is 5.56 Å². The van der Waals surface area contributed by atoms with E-state index < -0.39 is 17.3 Å². The molecule has 0 radical (unpaired) electrons. The summed E-state index contributed by atoms with van der Waals surface area (Å²) in [6, 6.07) is 0.602. The molecule has 0 aliphatic rings. The van der Waals surface area contributed by atoms with Crippen molar-refractivity contribution in [3.8, 4) is 0 Å². The van der Waals surface area contributed by atoms with Gasteiger partial charge in [-0.2, -0.15) is 13.2 Å². The van der Waals surface area contributed by atoms with Crippen LogP contribution in [0.25, 0.3) is 0 Å². The van der Waals surface area contributed by atoms with Gasteiger partial charge in [0.25, 0.3) is 0 Å². The third-order valence-electron chi connectivity index (χ3n) is 2.14. The number of hydrogen-bond donors (Lipinski definition) is 1. The van der Waals surface area contributed by atoms with Gasteiger partial charge in [-0.3, -0.25) is 4.79 Å². The molecule has 0 unspecified atom stereocenters. The third kappa shape index (κ3) is 3.37. The zero-order valence-corrected chi connectivity index (χ0v) is 9.06. The average molecular weight is 234 g/mol. The highest BCUT2D eigenvalue weighted by Crippen LogP contribution is 2.30. The molecule has 1 aromatic heterocycles. The second kappa shape index (κ2) is 4.69. The first-order valence-corrected chi connectivity index (χ1v) is 4.74. The average Bonchev–Trinajstić information content (AvgIpc) is 2.14. The van der Waals surface area contributed by atoms with Crippen LogP contribution in [0.5, 0.6) is 0 Å². The molecule has 6 heteroatoms. The molecule has 0 fully saturated rings. The molecule has 0 atom stereocenters. The van der Waals surface area contributed by atoms with E-state index in [1.165, 1.54) is 0 Å². The minimum absolute atomic E-state index is 0.112. The highest BCUT2D eigenvalue weighted by atomic mass is 19.4. The van der Waals surface area contributed by atoms with E-state index in [1.54, 1.807) is 19.0 Å². The van der Waals surface area contributed by atoms with Crippen molar-refractivity contribution in [3.05, 3.63) is 33.7 Å². The van der Waals surface area contributed by atoms with E-state index in [9.17, 15) is 18.0 Å². The SMILES string of the molecule is CN(C)CCc1c[nH]c(=O)cc1C(F)(F)F. The van der Waals surface area contributed by atoms with Gasteiger partial charge in [-0.15, -0.1) is 0 Å². The molecule has 0 saturated heterocycles. The van der Waals surface area contributed by atoms with Gasteiger partial charge in [-0.05, 0) is 26.1 Å².